The average molecular weight is 328 g/mol. The summed E-state index contributed by atoms with van der Waals surface area (Å²) in [7, 11) is 0. The summed E-state index contributed by atoms with van der Waals surface area (Å²) >= 11 is 0. The number of rotatable bonds is 2. The molecular weight excluding hydrogens is 311 g/mol. The first kappa shape index (κ1) is 15.0. The number of anilines is 1. The molecular formula is C17H17FN4O2. The zero-order valence-electron chi connectivity index (χ0n) is 13.0. The van der Waals surface area contributed by atoms with Crippen molar-refractivity contribution in [1.82, 2.24) is 14.9 Å². The van der Waals surface area contributed by atoms with E-state index in [1.54, 1.807) is 23.5 Å². The summed E-state index contributed by atoms with van der Waals surface area (Å²) < 4.78 is 18.9. The third-order valence-corrected chi connectivity index (χ3v) is 4.52. The number of halogens is 1. The molecule has 1 aromatic heterocycles. The van der Waals surface area contributed by atoms with Gasteiger partial charge in [0.05, 0.1) is 24.9 Å². The fraction of sp³-hybridized carbons (Fsp3) is 0.353. The molecule has 1 amide bonds. The van der Waals surface area contributed by atoms with Crippen molar-refractivity contribution in [3.8, 4) is 0 Å². The number of aromatic nitrogens is 2. The Morgan fingerprint density at radius 3 is 2.79 bits per heavy atom. The van der Waals surface area contributed by atoms with Gasteiger partial charge in [-0.15, -0.1) is 0 Å². The molecule has 4 rings (SSSR count). The molecule has 2 fully saturated rings. The standard InChI is InChI=1S/C17H17FN4O2/c18-13-3-1-12(2-4-13)17(23)21-10-14-15(11-21)24-8-7-22(14)16-9-19-5-6-20-16/h1-6,9,14-15H,7-8,10-11H2/t14-,15+/m1/s1. The van der Waals surface area contributed by atoms with E-state index in [-0.39, 0.29) is 23.9 Å². The highest BCUT2D eigenvalue weighted by molar-refractivity contribution is 5.94. The quantitative estimate of drug-likeness (QED) is 0.833. The molecule has 0 bridgehead atoms. The van der Waals surface area contributed by atoms with Crippen LogP contribution in [-0.2, 0) is 4.74 Å². The van der Waals surface area contributed by atoms with Crippen molar-refractivity contribution in [2.24, 2.45) is 0 Å². The summed E-state index contributed by atoms with van der Waals surface area (Å²) in [6.45, 7) is 2.39. The van der Waals surface area contributed by atoms with Gasteiger partial charge < -0.3 is 14.5 Å². The van der Waals surface area contributed by atoms with E-state index in [2.05, 4.69) is 14.9 Å². The predicted molar refractivity (Wildman–Crippen MR) is 85.2 cm³/mol. The molecule has 124 valence electrons. The molecule has 3 heterocycles. The number of likely N-dealkylation sites (tertiary alicyclic amines) is 1. The van der Waals surface area contributed by atoms with E-state index in [1.807, 2.05) is 0 Å². The number of carbonyl (C=O) groups is 1. The number of carbonyl (C=O) groups excluding carboxylic acids is 1. The number of amides is 1. The molecule has 2 aliphatic rings. The first-order chi connectivity index (χ1) is 11.7. The number of morpholine rings is 1. The van der Waals surface area contributed by atoms with Gasteiger partial charge in [0.15, 0.2) is 0 Å². The number of nitrogens with zero attached hydrogens (tertiary/aromatic N) is 4. The second kappa shape index (κ2) is 6.16. The first-order valence-corrected chi connectivity index (χ1v) is 7.91. The second-order valence-corrected chi connectivity index (χ2v) is 5.95. The van der Waals surface area contributed by atoms with Crippen LogP contribution in [0.5, 0.6) is 0 Å². The van der Waals surface area contributed by atoms with Crippen LogP contribution in [0.1, 0.15) is 10.4 Å². The van der Waals surface area contributed by atoms with Gasteiger partial charge in [-0.2, -0.15) is 0 Å². The van der Waals surface area contributed by atoms with Crippen LogP contribution in [0.2, 0.25) is 0 Å². The molecule has 0 unspecified atom stereocenters. The molecule has 1 aromatic carbocycles. The van der Waals surface area contributed by atoms with E-state index >= 15 is 0 Å². The Hall–Kier alpha value is -2.54. The molecule has 2 atom stereocenters. The van der Waals surface area contributed by atoms with Gasteiger partial charge >= 0.3 is 0 Å². The Bertz CT molecular complexity index is 725. The lowest BCUT2D eigenvalue weighted by Crippen LogP contribution is -2.51. The molecule has 0 N–H and O–H groups in total. The van der Waals surface area contributed by atoms with Crippen molar-refractivity contribution < 1.29 is 13.9 Å². The summed E-state index contributed by atoms with van der Waals surface area (Å²) in [6, 6.07) is 5.69. The maximum absolute atomic E-state index is 13.0. The molecule has 2 aliphatic heterocycles. The van der Waals surface area contributed by atoms with Crippen molar-refractivity contribution in [3.63, 3.8) is 0 Å². The maximum Gasteiger partial charge on any atom is 0.254 e. The lowest BCUT2D eigenvalue weighted by atomic mass is 10.1. The number of hydrogen-bond acceptors (Lipinski definition) is 5. The maximum atomic E-state index is 13.0. The van der Waals surface area contributed by atoms with Crippen molar-refractivity contribution in [2.75, 3.05) is 31.1 Å². The van der Waals surface area contributed by atoms with Crippen molar-refractivity contribution in [2.45, 2.75) is 12.1 Å². The molecule has 0 saturated carbocycles. The molecule has 0 aliphatic carbocycles. The lowest BCUT2D eigenvalue weighted by Gasteiger charge is -2.37. The van der Waals surface area contributed by atoms with Crippen LogP contribution in [0, 0.1) is 5.82 Å². The number of hydrogen-bond donors (Lipinski definition) is 0. The van der Waals surface area contributed by atoms with Gasteiger partial charge in [0.1, 0.15) is 11.6 Å². The van der Waals surface area contributed by atoms with E-state index in [4.69, 9.17) is 4.74 Å². The predicted octanol–water partition coefficient (Wildman–Crippen LogP) is 1.35. The Labute approximate surface area is 138 Å². The highest BCUT2D eigenvalue weighted by Gasteiger charge is 2.42. The largest absolute Gasteiger partial charge is 0.372 e. The monoisotopic (exact) mass is 328 g/mol. The Morgan fingerprint density at radius 1 is 1.21 bits per heavy atom. The van der Waals surface area contributed by atoms with Gasteiger partial charge in [-0.1, -0.05) is 0 Å². The van der Waals surface area contributed by atoms with Crippen LogP contribution in [-0.4, -0.2) is 59.2 Å². The van der Waals surface area contributed by atoms with E-state index in [0.717, 1.165) is 12.4 Å². The summed E-state index contributed by atoms with van der Waals surface area (Å²) in [5, 5.41) is 0. The summed E-state index contributed by atoms with van der Waals surface area (Å²) in [4.78, 5) is 25.0. The Kier molecular flexibility index (Phi) is 3.86. The van der Waals surface area contributed by atoms with Crippen molar-refractivity contribution >= 4 is 11.7 Å². The summed E-state index contributed by atoms with van der Waals surface area (Å²) in [5.74, 6) is 0.345. The SMILES string of the molecule is O=C(c1ccc(F)cc1)N1C[C@@H]2OCCN(c3cnccn3)[C@@H]2C1. The van der Waals surface area contributed by atoms with Crippen LogP contribution in [0.15, 0.2) is 42.9 Å². The van der Waals surface area contributed by atoms with Crippen LogP contribution in [0.4, 0.5) is 10.2 Å². The molecule has 0 spiro atoms. The van der Waals surface area contributed by atoms with Gasteiger partial charge in [0, 0.05) is 37.6 Å². The van der Waals surface area contributed by atoms with E-state index in [9.17, 15) is 9.18 Å². The normalized spacial score (nSPS) is 23.2. The van der Waals surface area contributed by atoms with E-state index in [1.165, 1.54) is 24.3 Å². The topological polar surface area (TPSA) is 58.6 Å². The van der Waals surface area contributed by atoms with Gasteiger partial charge in [0.2, 0.25) is 0 Å². The summed E-state index contributed by atoms with van der Waals surface area (Å²) in [5.41, 5.74) is 0.487. The highest BCUT2D eigenvalue weighted by Crippen LogP contribution is 2.27. The van der Waals surface area contributed by atoms with Crippen molar-refractivity contribution in [1.29, 1.82) is 0 Å². The van der Waals surface area contributed by atoms with E-state index < -0.39 is 0 Å². The molecule has 2 aromatic rings. The number of ether oxygens (including phenoxy) is 1. The highest BCUT2D eigenvalue weighted by atomic mass is 19.1. The van der Waals surface area contributed by atoms with Gasteiger partial charge in [-0.05, 0) is 24.3 Å². The third kappa shape index (κ3) is 2.71. The summed E-state index contributed by atoms with van der Waals surface area (Å²) in [6.07, 6.45) is 4.98. The van der Waals surface area contributed by atoms with Crippen LogP contribution in [0.3, 0.4) is 0 Å². The molecule has 24 heavy (non-hydrogen) atoms. The Balaban J connectivity index is 1.53. The number of benzene rings is 1. The van der Waals surface area contributed by atoms with Crippen molar-refractivity contribution in [3.05, 3.63) is 54.2 Å². The lowest BCUT2D eigenvalue weighted by molar-refractivity contribution is 0.0299. The third-order valence-electron chi connectivity index (χ3n) is 4.52. The van der Waals surface area contributed by atoms with Crippen LogP contribution >= 0.6 is 0 Å². The van der Waals surface area contributed by atoms with Gasteiger partial charge in [0.25, 0.3) is 5.91 Å². The number of fused-ring (bicyclic) bond motifs is 1. The van der Waals surface area contributed by atoms with Crippen LogP contribution in [0.25, 0.3) is 0 Å². The average Bonchev–Trinajstić information content (AvgIpc) is 3.06. The minimum Gasteiger partial charge on any atom is -0.372 e. The molecule has 0 radical (unpaired) electrons. The minimum atomic E-state index is -0.348. The fourth-order valence-corrected chi connectivity index (χ4v) is 3.35. The van der Waals surface area contributed by atoms with E-state index in [0.29, 0.717) is 25.3 Å². The molecule has 2 saturated heterocycles. The Morgan fingerprint density at radius 2 is 2.04 bits per heavy atom. The van der Waals surface area contributed by atoms with Gasteiger partial charge in [-0.25, -0.2) is 9.37 Å². The first-order valence-electron chi connectivity index (χ1n) is 7.91. The zero-order chi connectivity index (χ0) is 16.5. The fourth-order valence-electron chi connectivity index (χ4n) is 3.35. The molecule has 7 heteroatoms. The minimum absolute atomic E-state index is 0.0508. The van der Waals surface area contributed by atoms with Crippen LogP contribution < -0.4 is 4.90 Å². The smallest absolute Gasteiger partial charge is 0.254 e. The second-order valence-electron chi connectivity index (χ2n) is 5.95. The zero-order valence-corrected chi connectivity index (χ0v) is 13.0. The molecule has 6 nitrogen and oxygen atoms in total. The van der Waals surface area contributed by atoms with Gasteiger partial charge in [-0.3, -0.25) is 9.78 Å².